The standard InChI is InChI=1S/C37H51N5O4SSi/c1-37(2,3)48(4,5)46-27-22-39-47(44,45)35-18-14-30(15-19-35)28-31-20-25-41(26-21-31)23-9-24-42(34-10-7-6-8-11-34)36(43)40-33-16-12-32(29-38)13-17-33/h6-8,10-19,31,39H,9,20-28H2,1-5H3,(H,40,43). The first kappa shape index (κ1) is 37.3. The van der Waals surface area contributed by atoms with E-state index in [0.29, 0.717) is 30.3 Å². The first-order valence-electron chi connectivity index (χ1n) is 16.9. The number of para-hydroxylation sites is 1. The van der Waals surface area contributed by atoms with E-state index in [1.54, 1.807) is 41.3 Å². The predicted octanol–water partition coefficient (Wildman–Crippen LogP) is 7.24. The van der Waals surface area contributed by atoms with Crippen molar-refractivity contribution in [3.05, 3.63) is 90.0 Å². The van der Waals surface area contributed by atoms with Crippen LogP contribution in [0, 0.1) is 17.2 Å². The lowest BCUT2D eigenvalue weighted by molar-refractivity contribution is 0.183. The van der Waals surface area contributed by atoms with Crippen LogP contribution in [0.1, 0.15) is 51.2 Å². The number of nitriles is 1. The molecule has 1 aliphatic rings. The summed E-state index contributed by atoms with van der Waals surface area (Å²) < 4.78 is 34.5. The van der Waals surface area contributed by atoms with Gasteiger partial charge in [-0.05, 0) is 123 Å². The summed E-state index contributed by atoms with van der Waals surface area (Å²) in [7, 11) is -5.51. The number of benzene rings is 3. The van der Waals surface area contributed by atoms with Crippen LogP contribution in [0.5, 0.6) is 0 Å². The second-order valence-corrected chi connectivity index (χ2v) is 20.7. The van der Waals surface area contributed by atoms with E-state index in [4.69, 9.17) is 9.69 Å². The molecule has 1 fully saturated rings. The van der Waals surface area contributed by atoms with E-state index >= 15 is 0 Å². The number of nitrogens with one attached hydrogen (secondary N) is 2. The van der Waals surface area contributed by atoms with Crippen LogP contribution < -0.4 is 14.9 Å². The van der Waals surface area contributed by atoms with E-state index < -0.39 is 18.3 Å². The van der Waals surface area contributed by atoms with Gasteiger partial charge in [-0.1, -0.05) is 51.1 Å². The van der Waals surface area contributed by atoms with E-state index in [1.807, 2.05) is 42.5 Å². The fourth-order valence-corrected chi connectivity index (χ4v) is 7.62. The summed E-state index contributed by atoms with van der Waals surface area (Å²) in [6.07, 6.45) is 3.93. The molecule has 3 aromatic carbocycles. The molecule has 11 heteroatoms. The smallest absolute Gasteiger partial charge is 0.326 e. The van der Waals surface area contributed by atoms with Gasteiger partial charge in [0.25, 0.3) is 0 Å². The molecule has 2 amide bonds. The minimum Gasteiger partial charge on any atom is -0.415 e. The average Bonchev–Trinajstić information content (AvgIpc) is 3.06. The second kappa shape index (κ2) is 16.7. The molecule has 9 nitrogen and oxygen atoms in total. The molecule has 0 radical (unpaired) electrons. The number of rotatable bonds is 14. The molecule has 4 rings (SSSR count). The lowest BCUT2D eigenvalue weighted by Crippen LogP contribution is -2.42. The highest BCUT2D eigenvalue weighted by Gasteiger charge is 2.37. The average molecular weight is 690 g/mol. The van der Waals surface area contributed by atoms with Crippen molar-refractivity contribution in [2.75, 3.05) is 49.5 Å². The van der Waals surface area contributed by atoms with Gasteiger partial charge < -0.3 is 14.6 Å². The van der Waals surface area contributed by atoms with Gasteiger partial charge in [-0.25, -0.2) is 17.9 Å². The molecule has 0 spiro atoms. The molecule has 0 aromatic heterocycles. The van der Waals surface area contributed by atoms with Crippen molar-refractivity contribution in [1.82, 2.24) is 9.62 Å². The fourth-order valence-electron chi connectivity index (χ4n) is 5.56. The summed E-state index contributed by atoms with van der Waals surface area (Å²) >= 11 is 0. The van der Waals surface area contributed by atoms with Crippen molar-refractivity contribution >= 4 is 35.7 Å². The second-order valence-electron chi connectivity index (χ2n) is 14.1. The van der Waals surface area contributed by atoms with Crippen molar-refractivity contribution in [2.45, 2.75) is 69.5 Å². The highest BCUT2D eigenvalue weighted by atomic mass is 32.2. The minimum atomic E-state index is -3.59. The number of likely N-dealkylation sites (tertiary alicyclic amines) is 1. The normalized spacial score (nSPS) is 14.8. The van der Waals surface area contributed by atoms with Gasteiger partial charge in [0.15, 0.2) is 8.32 Å². The van der Waals surface area contributed by atoms with Gasteiger partial charge in [-0.3, -0.25) is 4.90 Å². The number of hydrogen-bond acceptors (Lipinski definition) is 6. The Labute approximate surface area is 288 Å². The number of urea groups is 1. The Morgan fingerprint density at radius 2 is 1.65 bits per heavy atom. The van der Waals surface area contributed by atoms with E-state index in [1.165, 1.54) is 0 Å². The molecule has 0 aliphatic carbocycles. The highest BCUT2D eigenvalue weighted by Crippen LogP contribution is 2.36. The summed E-state index contributed by atoms with van der Waals surface area (Å²) in [4.78, 5) is 17.8. The van der Waals surface area contributed by atoms with Crippen molar-refractivity contribution < 1.29 is 17.6 Å². The Morgan fingerprint density at radius 3 is 2.25 bits per heavy atom. The van der Waals surface area contributed by atoms with Crippen LogP contribution in [0.3, 0.4) is 0 Å². The van der Waals surface area contributed by atoms with Gasteiger partial charge in [0.2, 0.25) is 10.0 Å². The number of anilines is 2. The SMILES string of the molecule is CC(C)(C)[Si](C)(C)OCCNS(=O)(=O)c1ccc(CC2CCN(CCCN(C(=O)Nc3ccc(C#N)cc3)c3ccccc3)CC2)cc1. The lowest BCUT2D eigenvalue weighted by Gasteiger charge is -2.36. The van der Waals surface area contributed by atoms with E-state index in [9.17, 15) is 13.2 Å². The van der Waals surface area contributed by atoms with Crippen LogP contribution >= 0.6 is 0 Å². The number of piperidine rings is 1. The molecular weight excluding hydrogens is 639 g/mol. The molecule has 0 unspecified atom stereocenters. The molecule has 0 bridgehead atoms. The van der Waals surface area contributed by atoms with Gasteiger partial charge in [-0.15, -0.1) is 0 Å². The Balaban J connectivity index is 1.20. The van der Waals surface area contributed by atoms with Crippen molar-refractivity contribution in [1.29, 1.82) is 5.26 Å². The van der Waals surface area contributed by atoms with Crippen LogP contribution in [0.25, 0.3) is 0 Å². The first-order valence-corrected chi connectivity index (χ1v) is 21.3. The third-order valence-electron chi connectivity index (χ3n) is 9.56. The van der Waals surface area contributed by atoms with Crippen LogP contribution in [0.15, 0.2) is 83.8 Å². The molecule has 48 heavy (non-hydrogen) atoms. The summed E-state index contributed by atoms with van der Waals surface area (Å²) in [6, 6.07) is 25.7. The molecule has 1 heterocycles. The number of hydrogen-bond donors (Lipinski definition) is 2. The maximum Gasteiger partial charge on any atom is 0.326 e. The quantitative estimate of drug-likeness (QED) is 0.136. The number of sulfonamides is 1. The molecule has 2 N–H and O–H groups in total. The van der Waals surface area contributed by atoms with Crippen LogP contribution in [-0.2, 0) is 20.9 Å². The van der Waals surface area contributed by atoms with Crippen molar-refractivity contribution in [3.8, 4) is 6.07 Å². The van der Waals surface area contributed by atoms with Crippen molar-refractivity contribution in [3.63, 3.8) is 0 Å². The van der Waals surface area contributed by atoms with E-state index in [-0.39, 0.29) is 22.5 Å². The maximum atomic E-state index is 13.3. The molecule has 258 valence electrons. The Hall–Kier alpha value is -3.53. The predicted molar refractivity (Wildman–Crippen MR) is 196 cm³/mol. The van der Waals surface area contributed by atoms with Crippen LogP contribution in [0.4, 0.5) is 16.2 Å². The third-order valence-corrected chi connectivity index (χ3v) is 15.6. The van der Waals surface area contributed by atoms with Crippen LogP contribution in [-0.4, -0.2) is 67.0 Å². The molecule has 1 aliphatic heterocycles. The minimum absolute atomic E-state index is 0.0811. The van der Waals surface area contributed by atoms with Gasteiger partial charge >= 0.3 is 6.03 Å². The Morgan fingerprint density at radius 1 is 1.00 bits per heavy atom. The lowest BCUT2D eigenvalue weighted by atomic mass is 9.90. The Kier molecular flexibility index (Phi) is 13.0. The van der Waals surface area contributed by atoms with E-state index in [0.717, 1.165) is 56.6 Å². The number of nitrogens with zero attached hydrogens (tertiary/aromatic N) is 3. The molecule has 0 saturated carbocycles. The Bertz CT molecular complexity index is 1610. The monoisotopic (exact) mass is 689 g/mol. The summed E-state index contributed by atoms with van der Waals surface area (Å²) in [5.41, 5.74) is 3.19. The van der Waals surface area contributed by atoms with Crippen LogP contribution in [0.2, 0.25) is 18.1 Å². The number of amides is 2. The number of carbonyl (C=O) groups is 1. The van der Waals surface area contributed by atoms with E-state index in [2.05, 4.69) is 54.9 Å². The molecule has 3 aromatic rings. The molecular formula is C37H51N5O4SSi. The van der Waals surface area contributed by atoms with Gasteiger partial charge in [0.05, 0.1) is 16.5 Å². The summed E-state index contributed by atoms with van der Waals surface area (Å²) in [5.74, 6) is 0.549. The molecule has 1 saturated heterocycles. The topological polar surface area (TPSA) is 115 Å². The van der Waals surface area contributed by atoms with Gasteiger partial charge in [0, 0.05) is 31.1 Å². The third kappa shape index (κ3) is 10.7. The zero-order chi connectivity index (χ0) is 34.8. The largest absolute Gasteiger partial charge is 0.415 e. The zero-order valence-corrected chi connectivity index (χ0v) is 30.9. The zero-order valence-electron chi connectivity index (χ0n) is 29.0. The van der Waals surface area contributed by atoms with Gasteiger partial charge in [0.1, 0.15) is 0 Å². The highest BCUT2D eigenvalue weighted by molar-refractivity contribution is 7.89. The van der Waals surface area contributed by atoms with Crippen molar-refractivity contribution in [2.24, 2.45) is 5.92 Å². The fraction of sp³-hybridized carbons (Fsp3) is 0.459. The first-order chi connectivity index (χ1) is 22.8. The summed E-state index contributed by atoms with van der Waals surface area (Å²) in [6.45, 7) is 14.9. The number of carbonyl (C=O) groups excluding carboxylic acids is 1. The summed E-state index contributed by atoms with van der Waals surface area (Å²) in [5, 5.41) is 12.1. The maximum absolute atomic E-state index is 13.3. The molecule has 0 atom stereocenters. The van der Waals surface area contributed by atoms with Gasteiger partial charge in [-0.2, -0.15) is 5.26 Å².